The van der Waals surface area contributed by atoms with E-state index in [0.717, 1.165) is 12.1 Å². The molecule has 1 aromatic rings. The summed E-state index contributed by atoms with van der Waals surface area (Å²) < 4.78 is 1.83. The number of rotatable bonds is 1. The Kier molecular flexibility index (Phi) is 1.81. The molecule has 0 fully saturated rings. The molecule has 5 nitrogen and oxygen atoms in total. The lowest BCUT2D eigenvalue weighted by Crippen LogP contribution is -2.31. The third kappa shape index (κ3) is 1.31. The maximum Gasteiger partial charge on any atom is 0.356 e. The van der Waals surface area contributed by atoms with Crippen LogP contribution in [0.5, 0.6) is 0 Å². The van der Waals surface area contributed by atoms with E-state index in [0.29, 0.717) is 13.0 Å². The standard InChI is InChI=1S/C8H11N3O2/c9-5-1-2-6-7(8(12)13)10-4-11(6)3-5/h4-5H,1-3,9H2,(H,12,13). The lowest BCUT2D eigenvalue weighted by molar-refractivity contribution is 0.0689. The van der Waals surface area contributed by atoms with Gasteiger partial charge in [-0.25, -0.2) is 9.78 Å². The summed E-state index contributed by atoms with van der Waals surface area (Å²) in [7, 11) is 0. The van der Waals surface area contributed by atoms with Gasteiger partial charge in [-0.05, 0) is 12.8 Å². The van der Waals surface area contributed by atoms with Crippen LogP contribution in [-0.4, -0.2) is 26.7 Å². The van der Waals surface area contributed by atoms with Crippen LogP contribution in [0.15, 0.2) is 6.33 Å². The number of aromatic nitrogens is 2. The monoisotopic (exact) mass is 181 g/mol. The van der Waals surface area contributed by atoms with Crippen molar-refractivity contribution in [2.75, 3.05) is 0 Å². The molecule has 0 amide bonds. The minimum absolute atomic E-state index is 0.128. The van der Waals surface area contributed by atoms with Gasteiger partial charge in [0, 0.05) is 12.6 Å². The first-order valence-electron chi connectivity index (χ1n) is 4.21. The van der Waals surface area contributed by atoms with Crippen LogP contribution in [0, 0.1) is 0 Å². The fourth-order valence-electron chi connectivity index (χ4n) is 1.67. The van der Waals surface area contributed by atoms with Crippen LogP contribution in [0.1, 0.15) is 22.6 Å². The second kappa shape index (κ2) is 2.85. The number of carboxylic acid groups (broad SMARTS) is 1. The average Bonchev–Trinajstić information content (AvgIpc) is 2.46. The zero-order chi connectivity index (χ0) is 9.42. The summed E-state index contributed by atoms with van der Waals surface area (Å²) >= 11 is 0. The van der Waals surface area contributed by atoms with Crippen LogP contribution in [0.25, 0.3) is 0 Å². The summed E-state index contributed by atoms with van der Waals surface area (Å²) in [5, 5.41) is 8.79. The maximum absolute atomic E-state index is 10.7. The van der Waals surface area contributed by atoms with Crippen LogP contribution in [0.3, 0.4) is 0 Å². The number of imidazole rings is 1. The van der Waals surface area contributed by atoms with Crippen molar-refractivity contribution in [2.45, 2.75) is 25.4 Å². The SMILES string of the molecule is NC1CCc2c(C(=O)O)ncn2C1. The van der Waals surface area contributed by atoms with Gasteiger partial charge in [-0.15, -0.1) is 0 Å². The molecule has 0 saturated carbocycles. The first kappa shape index (κ1) is 8.25. The van der Waals surface area contributed by atoms with Crippen LogP contribution in [0.4, 0.5) is 0 Å². The van der Waals surface area contributed by atoms with Crippen molar-refractivity contribution >= 4 is 5.97 Å². The van der Waals surface area contributed by atoms with Crippen molar-refractivity contribution < 1.29 is 9.90 Å². The average molecular weight is 181 g/mol. The number of hydrogen-bond donors (Lipinski definition) is 2. The Bertz CT molecular complexity index is 345. The molecular weight excluding hydrogens is 170 g/mol. The van der Waals surface area contributed by atoms with Crippen molar-refractivity contribution in [1.82, 2.24) is 9.55 Å². The van der Waals surface area contributed by atoms with Gasteiger partial charge in [0.25, 0.3) is 0 Å². The molecule has 5 heteroatoms. The van der Waals surface area contributed by atoms with E-state index in [9.17, 15) is 4.79 Å². The number of hydrogen-bond acceptors (Lipinski definition) is 3. The molecule has 2 rings (SSSR count). The van der Waals surface area contributed by atoms with Gasteiger partial charge in [-0.3, -0.25) is 0 Å². The number of fused-ring (bicyclic) bond motifs is 1. The topological polar surface area (TPSA) is 81.1 Å². The predicted octanol–water partition coefficient (Wildman–Crippen LogP) is -0.145. The summed E-state index contributed by atoms with van der Waals surface area (Å²) in [5.74, 6) is -0.954. The second-order valence-corrected chi connectivity index (χ2v) is 3.30. The van der Waals surface area contributed by atoms with Crippen molar-refractivity contribution in [1.29, 1.82) is 0 Å². The Morgan fingerprint density at radius 1 is 1.77 bits per heavy atom. The molecule has 0 aliphatic carbocycles. The van der Waals surface area contributed by atoms with Gasteiger partial charge in [0.2, 0.25) is 0 Å². The van der Waals surface area contributed by atoms with E-state index < -0.39 is 5.97 Å². The van der Waals surface area contributed by atoms with Gasteiger partial charge in [-0.2, -0.15) is 0 Å². The molecule has 1 atom stereocenters. The highest BCUT2D eigenvalue weighted by Crippen LogP contribution is 2.17. The third-order valence-electron chi connectivity index (χ3n) is 2.33. The first-order valence-corrected chi connectivity index (χ1v) is 4.21. The van der Waals surface area contributed by atoms with E-state index in [4.69, 9.17) is 10.8 Å². The molecule has 1 unspecified atom stereocenters. The Hall–Kier alpha value is -1.36. The van der Waals surface area contributed by atoms with E-state index >= 15 is 0 Å². The maximum atomic E-state index is 10.7. The highest BCUT2D eigenvalue weighted by molar-refractivity contribution is 5.86. The lowest BCUT2D eigenvalue weighted by Gasteiger charge is -2.20. The molecule has 0 bridgehead atoms. The highest BCUT2D eigenvalue weighted by atomic mass is 16.4. The van der Waals surface area contributed by atoms with E-state index in [1.54, 1.807) is 6.33 Å². The summed E-state index contributed by atoms with van der Waals surface area (Å²) in [6.07, 6.45) is 3.10. The van der Waals surface area contributed by atoms with Gasteiger partial charge in [0.15, 0.2) is 5.69 Å². The van der Waals surface area contributed by atoms with Crippen molar-refractivity contribution in [3.05, 3.63) is 17.7 Å². The van der Waals surface area contributed by atoms with Crippen LogP contribution in [-0.2, 0) is 13.0 Å². The fraction of sp³-hybridized carbons (Fsp3) is 0.500. The summed E-state index contributed by atoms with van der Waals surface area (Å²) in [6, 6.07) is 0.128. The molecule has 1 aromatic heterocycles. The third-order valence-corrected chi connectivity index (χ3v) is 2.33. The molecule has 0 aromatic carbocycles. The molecule has 0 radical (unpaired) electrons. The Balaban J connectivity index is 2.39. The molecule has 13 heavy (non-hydrogen) atoms. The van der Waals surface area contributed by atoms with E-state index in [1.807, 2.05) is 4.57 Å². The van der Waals surface area contributed by atoms with Crippen molar-refractivity contribution in [3.8, 4) is 0 Å². The number of nitrogens with zero attached hydrogens (tertiary/aromatic N) is 2. The summed E-state index contributed by atoms with van der Waals surface area (Å²) in [6.45, 7) is 0.676. The Morgan fingerprint density at radius 3 is 3.23 bits per heavy atom. The Morgan fingerprint density at radius 2 is 2.54 bits per heavy atom. The minimum Gasteiger partial charge on any atom is -0.476 e. The molecular formula is C8H11N3O2. The van der Waals surface area contributed by atoms with Crippen LogP contribution >= 0.6 is 0 Å². The lowest BCUT2D eigenvalue weighted by atomic mass is 10.0. The van der Waals surface area contributed by atoms with Gasteiger partial charge in [-0.1, -0.05) is 0 Å². The highest BCUT2D eigenvalue weighted by Gasteiger charge is 2.22. The molecule has 70 valence electrons. The molecule has 1 aliphatic heterocycles. The molecule has 0 saturated heterocycles. The smallest absolute Gasteiger partial charge is 0.356 e. The molecule has 0 spiro atoms. The normalized spacial score (nSPS) is 21.2. The predicted molar refractivity (Wildman–Crippen MR) is 45.5 cm³/mol. The zero-order valence-electron chi connectivity index (χ0n) is 7.10. The fourth-order valence-corrected chi connectivity index (χ4v) is 1.67. The van der Waals surface area contributed by atoms with Crippen LogP contribution in [0.2, 0.25) is 0 Å². The summed E-state index contributed by atoms with van der Waals surface area (Å²) in [4.78, 5) is 14.5. The van der Waals surface area contributed by atoms with Crippen LogP contribution < -0.4 is 5.73 Å². The van der Waals surface area contributed by atoms with Gasteiger partial charge >= 0.3 is 5.97 Å². The first-order chi connectivity index (χ1) is 6.18. The molecule has 1 aliphatic rings. The van der Waals surface area contributed by atoms with E-state index in [2.05, 4.69) is 4.98 Å². The van der Waals surface area contributed by atoms with Gasteiger partial charge in [0.05, 0.1) is 12.0 Å². The van der Waals surface area contributed by atoms with Gasteiger partial charge < -0.3 is 15.4 Å². The largest absolute Gasteiger partial charge is 0.476 e. The van der Waals surface area contributed by atoms with E-state index in [-0.39, 0.29) is 11.7 Å². The molecule has 3 N–H and O–H groups in total. The zero-order valence-corrected chi connectivity index (χ0v) is 7.10. The van der Waals surface area contributed by atoms with Crippen molar-refractivity contribution in [2.24, 2.45) is 5.73 Å². The van der Waals surface area contributed by atoms with E-state index in [1.165, 1.54) is 0 Å². The quantitative estimate of drug-likeness (QED) is 0.631. The number of carboxylic acids is 1. The van der Waals surface area contributed by atoms with Crippen molar-refractivity contribution in [3.63, 3.8) is 0 Å². The van der Waals surface area contributed by atoms with Gasteiger partial charge in [0.1, 0.15) is 0 Å². The summed E-state index contributed by atoms with van der Waals surface area (Å²) in [5.41, 5.74) is 6.71. The Labute approximate surface area is 75.2 Å². The molecule has 2 heterocycles. The number of nitrogens with two attached hydrogens (primary N) is 1. The second-order valence-electron chi connectivity index (χ2n) is 3.30. The number of carbonyl (C=O) groups is 1. The number of aromatic carboxylic acids is 1. The minimum atomic E-state index is -0.954.